The Morgan fingerprint density at radius 3 is 0.897 bits per heavy atom. The van der Waals surface area contributed by atoms with Gasteiger partial charge in [0.2, 0.25) is 0 Å². The average molecular weight is 952 g/mol. The highest BCUT2D eigenvalue weighted by molar-refractivity contribution is 5.71. The molecule has 0 radical (unpaired) electrons. The third-order valence-corrected chi connectivity index (χ3v) is 12.8. The summed E-state index contributed by atoms with van der Waals surface area (Å²) in [5.74, 6) is -0.887. The molecule has 0 fully saturated rings. The van der Waals surface area contributed by atoms with Gasteiger partial charge in [-0.05, 0) is 83.5 Å². The van der Waals surface area contributed by atoms with Crippen molar-refractivity contribution in [3.05, 3.63) is 60.8 Å². The molecule has 0 saturated carbocycles. The van der Waals surface area contributed by atoms with Crippen LogP contribution in [-0.4, -0.2) is 37.2 Å². The highest BCUT2D eigenvalue weighted by atomic mass is 16.6. The summed E-state index contributed by atoms with van der Waals surface area (Å²) < 4.78 is 16.9. The minimum absolute atomic E-state index is 0.0793. The van der Waals surface area contributed by atoms with Gasteiger partial charge in [-0.15, -0.1) is 0 Å². The van der Waals surface area contributed by atoms with Crippen molar-refractivity contribution in [3.8, 4) is 0 Å². The number of unbranched alkanes of at least 4 members (excludes halogenated alkanes) is 32. The molecule has 0 rings (SSSR count). The maximum absolute atomic E-state index is 12.8. The van der Waals surface area contributed by atoms with Gasteiger partial charge in [0.15, 0.2) is 6.10 Å². The molecule has 1 unspecified atom stereocenters. The van der Waals surface area contributed by atoms with Crippen LogP contribution in [-0.2, 0) is 28.6 Å². The summed E-state index contributed by atoms with van der Waals surface area (Å²) in [6.45, 7) is 6.52. The first-order valence-corrected chi connectivity index (χ1v) is 29.3. The summed E-state index contributed by atoms with van der Waals surface area (Å²) in [5.41, 5.74) is 0. The van der Waals surface area contributed by atoms with E-state index in [4.69, 9.17) is 14.2 Å². The van der Waals surface area contributed by atoms with E-state index in [9.17, 15) is 14.4 Å². The van der Waals surface area contributed by atoms with Gasteiger partial charge in [0.05, 0.1) is 0 Å². The third-order valence-electron chi connectivity index (χ3n) is 12.8. The second kappa shape index (κ2) is 56.7. The molecule has 0 amide bonds. The van der Waals surface area contributed by atoms with Gasteiger partial charge in [-0.25, -0.2) is 0 Å². The monoisotopic (exact) mass is 951 g/mol. The molecule has 1 atom stereocenters. The zero-order chi connectivity index (χ0) is 49.3. The molecule has 0 aromatic carbocycles. The van der Waals surface area contributed by atoms with Crippen LogP contribution in [0.5, 0.6) is 0 Å². The maximum Gasteiger partial charge on any atom is 0.306 e. The molecule has 0 aliphatic carbocycles. The van der Waals surface area contributed by atoms with Gasteiger partial charge in [0.25, 0.3) is 0 Å². The van der Waals surface area contributed by atoms with Gasteiger partial charge in [0, 0.05) is 19.3 Å². The van der Waals surface area contributed by atoms with Crippen LogP contribution in [0.25, 0.3) is 0 Å². The van der Waals surface area contributed by atoms with E-state index < -0.39 is 6.10 Å². The Morgan fingerprint density at radius 2 is 0.574 bits per heavy atom. The maximum atomic E-state index is 12.8. The van der Waals surface area contributed by atoms with Crippen LogP contribution in [0.2, 0.25) is 0 Å². The summed E-state index contributed by atoms with van der Waals surface area (Å²) >= 11 is 0. The van der Waals surface area contributed by atoms with Gasteiger partial charge in [-0.2, -0.15) is 0 Å². The minimum Gasteiger partial charge on any atom is -0.462 e. The largest absolute Gasteiger partial charge is 0.462 e. The Hall–Kier alpha value is -2.89. The number of esters is 3. The van der Waals surface area contributed by atoms with Crippen molar-refractivity contribution in [2.75, 3.05) is 13.2 Å². The lowest BCUT2D eigenvalue weighted by Crippen LogP contribution is -2.30. The van der Waals surface area contributed by atoms with E-state index in [1.165, 1.54) is 154 Å². The van der Waals surface area contributed by atoms with Crippen LogP contribution in [0.15, 0.2) is 60.8 Å². The summed E-state index contributed by atoms with van der Waals surface area (Å²) in [7, 11) is 0. The van der Waals surface area contributed by atoms with Crippen molar-refractivity contribution >= 4 is 17.9 Å². The zero-order valence-corrected chi connectivity index (χ0v) is 45.1. The summed E-state index contributed by atoms with van der Waals surface area (Å²) in [6.07, 6.45) is 70.7. The first-order chi connectivity index (χ1) is 33.5. The molecule has 6 nitrogen and oxygen atoms in total. The Labute approximate surface area is 421 Å². The summed E-state index contributed by atoms with van der Waals surface area (Å²) in [4.78, 5) is 38.1. The minimum atomic E-state index is -0.782. The molecule has 0 aromatic heterocycles. The Kier molecular flexibility index (Phi) is 54.3. The molecule has 68 heavy (non-hydrogen) atoms. The molecule has 6 heteroatoms. The number of rotatable bonds is 53. The SMILES string of the molecule is CC/C=C\C/C=C\C/C=C\CCCCCCCC(=O)OC(COC(=O)CCCCCCCCCCCCCC)COC(=O)CCCCCCCCCCCCC/C=C\C/C=C\CCCCCCC. The van der Waals surface area contributed by atoms with E-state index in [0.717, 1.165) is 103 Å². The molecule has 0 N–H and O–H groups in total. The molecule has 0 spiro atoms. The molecule has 0 aliphatic heterocycles. The van der Waals surface area contributed by atoms with Crippen LogP contribution in [0.3, 0.4) is 0 Å². The fourth-order valence-electron chi connectivity index (χ4n) is 8.37. The lowest BCUT2D eigenvalue weighted by molar-refractivity contribution is -0.167. The first kappa shape index (κ1) is 65.1. The fraction of sp³-hybridized carbons (Fsp3) is 0.790. The quantitative estimate of drug-likeness (QED) is 0.0262. The van der Waals surface area contributed by atoms with Crippen LogP contribution >= 0.6 is 0 Å². The number of carbonyl (C=O) groups excluding carboxylic acids is 3. The van der Waals surface area contributed by atoms with Crippen LogP contribution in [0.4, 0.5) is 0 Å². The number of hydrogen-bond donors (Lipinski definition) is 0. The van der Waals surface area contributed by atoms with E-state index in [0.29, 0.717) is 19.3 Å². The molecular weight excluding hydrogens is 841 g/mol. The Bertz CT molecular complexity index is 1230. The second-order valence-corrected chi connectivity index (χ2v) is 19.5. The van der Waals surface area contributed by atoms with E-state index >= 15 is 0 Å². The van der Waals surface area contributed by atoms with Crippen molar-refractivity contribution in [2.45, 2.75) is 303 Å². The molecule has 0 bridgehead atoms. The second-order valence-electron chi connectivity index (χ2n) is 19.5. The number of carbonyl (C=O) groups is 3. The predicted molar refractivity (Wildman–Crippen MR) is 293 cm³/mol. The molecule has 0 aliphatic rings. The van der Waals surface area contributed by atoms with Gasteiger partial charge >= 0.3 is 17.9 Å². The molecule has 0 heterocycles. The van der Waals surface area contributed by atoms with Crippen LogP contribution in [0.1, 0.15) is 297 Å². The topological polar surface area (TPSA) is 78.9 Å². The van der Waals surface area contributed by atoms with Crippen molar-refractivity contribution in [3.63, 3.8) is 0 Å². The normalized spacial score (nSPS) is 12.5. The van der Waals surface area contributed by atoms with E-state index in [-0.39, 0.29) is 31.1 Å². The zero-order valence-electron chi connectivity index (χ0n) is 45.1. The van der Waals surface area contributed by atoms with Crippen molar-refractivity contribution < 1.29 is 28.6 Å². The van der Waals surface area contributed by atoms with Gasteiger partial charge in [-0.3, -0.25) is 14.4 Å². The Morgan fingerprint density at radius 1 is 0.309 bits per heavy atom. The highest BCUT2D eigenvalue weighted by Crippen LogP contribution is 2.16. The molecule has 0 aromatic rings. The summed E-state index contributed by atoms with van der Waals surface area (Å²) in [6, 6.07) is 0. The van der Waals surface area contributed by atoms with Crippen molar-refractivity contribution in [1.82, 2.24) is 0 Å². The standard InChI is InChI=1S/C62H110O6/c1-4-7-10-13-16-19-22-25-27-28-29-30-31-32-33-34-36-37-40-43-46-49-52-55-61(64)67-58-59(57-66-60(63)54-51-48-45-42-39-24-21-18-15-12-9-6-3)68-62(65)56-53-50-47-44-41-38-35-26-23-20-17-14-11-8-5-2/h8,11,17,20,22,25-26,28-29,35,59H,4-7,9-10,12-16,18-19,21,23-24,27,30-34,36-58H2,1-3H3/b11-8-,20-17-,25-22-,29-28-,35-26-. The predicted octanol–water partition coefficient (Wildman–Crippen LogP) is 19.6. The van der Waals surface area contributed by atoms with E-state index in [2.05, 4.69) is 81.5 Å². The van der Waals surface area contributed by atoms with Crippen LogP contribution < -0.4 is 0 Å². The smallest absolute Gasteiger partial charge is 0.306 e. The Balaban J connectivity index is 4.30. The summed E-state index contributed by atoms with van der Waals surface area (Å²) in [5, 5.41) is 0. The number of hydrogen-bond acceptors (Lipinski definition) is 6. The highest BCUT2D eigenvalue weighted by Gasteiger charge is 2.19. The average Bonchev–Trinajstić information content (AvgIpc) is 3.34. The van der Waals surface area contributed by atoms with Crippen molar-refractivity contribution in [1.29, 1.82) is 0 Å². The van der Waals surface area contributed by atoms with Gasteiger partial charge in [-0.1, -0.05) is 255 Å². The fourth-order valence-corrected chi connectivity index (χ4v) is 8.37. The first-order valence-electron chi connectivity index (χ1n) is 29.3. The van der Waals surface area contributed by atoms with Gasteiger partial charge < -0.3 is 14.2 Å². The van der Waals surface area contributed by atoms with Crippen LogP contribution in [0, 0.1) is 0 Å². The number of ether oxygens (including phenoxy) is 3. The van der Waals surface area contributed by atoms with E-state index in [1.807, 2.05) is 0 Å². The van der Waals surface area contributed by atoms with Gasteiger partial charge in [0.1, 0.15) is 13.2 Å². The molecular formula is C62H110O6. The number of allylic oxidation sites excluding steroid dienone is 10. The molecule has 394 valence electrons. The lowest BCUT2D eigenvalue weighted by atomic mass is 10.0. The third kappa shape index (κ3) is 54.1. The lowest BCUT2D eigenvalue weighted by Gasteiger charge is -2.18. The van der Waals surface area contributed by atoms with Crippen molar-refractivity contribution in [2.24, 2.45) is 0 Å². The molecule has 0 saturated heterocycles. The van der Waals surface area contributed by atoms with E-state index in [1.54, 1.807) is 0 Å².